The van der Waals surface area contributed by atoms with Gasteiger partial charge in [-0.05, 0) is 19.1 Å². The van der Waals surface area contributed by atoms with Crippen molar-refractivity contribution >= 4 is 11.8 Å². The summed E-state index contributed by atoms with van der Waals surface area (Å²) in [7, 11) is 0. The van der Waals surface area contributed by atoms with Crippen molar-refractivity contribution in [2.24, 2.45) is 0 Å². The molecule has 0 aliphatic carbocycles. The first-order valence-electron chi connectivity index (χ1n) is 4.10. The minimum atomic E-state index is 0.0893. The van der Waals surface area contributed by atoms with E-state index >= 15 is 0 Å². The van der Waals surface area contributed by atoms with Crippen LogP contribution in [0.4, 0.5) is 0 Å². The minimum absolute atomic E-state index is 0.0893. The molecule has 0 atom stereocenters. The molecule has 12 heavy (non-hydrogen) atoms. The Morgan fingerprint density at radius 3 is 2.42 bits per heavy atom. The van der Waals surface area contributed by atoms with Gasteiger partial charge >= 0.3 is 0 Å². The van der Waals surface area contributed by atoms with E-state index in [0.29, 0.717) is 0 Å². The second-order valence-electron chi connectivity index (χ2n) is 3.36. The average molecular weight is 180 g/mol. The van der Waals surface area contributed by atoms with Crippen LogP contribution in [0.15, 0.2) is 30.3 Å². The van der Waals surface area contributed by atoms with Gasteiger partial charge < -0.3 is 4.74 Å². The van der Waals surface area contributed by atoms with Gasteiger partial charge in [-0.2, -0.15) is 11.8 Å². The highest BCUT2D eigenvalue weighted by Crippen LogP contribution is 2.33. The molecule has 0 bridgehead atoms. The zero-order chi connectivity index (χ0) is 8.44. The summed E-state index contributed by atoms with van der Waals surface area (Å²) >= 11 is 1.94. The largest absolute Gasteiger partial charge is 0.486 e. The molecule has 0 saturated carbocycles. The summed E-state index contributed by atoms with van der Waals surface area (Å²) < 4.78 is 5.82. The molecule has 1 aliphatic rings. The molecule has 1 nitrogen and oxygen atoms in total. The predicted molar refractivity (Wildman–Crippen MR) is 52.8 cm³/mol. The molecule has 0 unspecified atom stereocenters. The molecule has 1 fully saturated rings. The third kappa shape index (κ3) is 1.58. The molecule has 0 amide bonds. The number of rotatable bonds is 2. The Bertz CT molecular complexity index is 254. The van der Waals surface area contributed by atoms with E-state index in [0.717, 1.165) is 17.3 Å². The first kappa shape index (κ1) is 7.99. The van der Waals surface area contributed by atoms with Crippen molar-refractivity contribution in [2.75, 3.05) is 11.5 Å². The Morgan fingerprint density at radius 1 is 1.25 bits per heavy atom. The highest BCUT2D eigenvalue weighted by atomic mass is 32.2. The van der Waals surface area contributed by atoms with Crippen molar-refractivity contribution in [2.45, 2.75) is 12.5 Å². The minimum Gasteiger partial charge on any atom is -0.486 e. The lowest BCUT2D eigenvalue weighted by molar-refractivity contribution is 0.129. The second kappa shape index (κ2) is 3.02. The first-order valence-corrected chi connectivity index (χ1v) is 5.26. The molecule has 0 radical (unpaired) electrons. The van der Waals surface area contributed by atoms with Crippen LogP contribution >= 0.6 is 11.8 Å². The third-order valence-corrected chi connectivity index (χ3v) is 3.55. The van der Waals surface area contributed by atoms with Gasteiger partial charge in [-0.1, -0.05) is 18.2 Å². The monoisotopic (exact) mass is 180 g/mol. The Balaban J connectivity index is 2.04. The van der Waals surface area contributed by atoms with Gasteiger partial charge in [0.05, 0.1) is 0 Å². The second-order valence-corrected chi connectivity index (χ2v) is 4.34. The summed E-state index contributed by atoms with van der Waals surface area (Å²) in [4.78, 5) is 0. The van der Waals surface area contributed by atoms with E-state index in [-0.39, 0.29) is 5.60 Å². The molecule has 1 heterocycles. The van der Waals surface area contributed by atoms with Crippen LogP contribution in [-0.2, 0) is 0 Å². The van der Waals surface area contributed by atoms with Crippen LogP contribution in [0.25, 0.3) is 0 Å². The molecule has 0 N–H and O–H groups in total. The van der Waals surface area contributed by atoms with Crippen LogP contribution < -0.4 is 4.74 Å². The van der Waals surface area contributed by atoms with E-state index < -0.39 is 0 Å². The third-order valence-electron chi connectivity index (χ3n) is 1.92. The van der Waals surface area contributed by atoms with Crippen molar-refractivity contribution in [3.05, 3.63) is 30.3 Å². The first-order chi connectivity index (χ1) is 5.79. The Hall–Kier alpha value is -0.630. The van der Waals surface area contributed by atoms with Crippen LogP contribution in [0, 0.1) is 0 Å². The predicted octanol–water partition coefficient (Wildman–Crippen LogP) is 2.57. The van der Waals surface area contributed by atoms with Crippen molar-refractivity contribution < 1.29 is 4.74 Å². The zero-order valence-electron chi connectivity index (χ0n) is 7.12. The maximum absolute atomic E-state index is 5.82. The van der Waals surface area contributed by atoms with Gasteiger partial charge in [-0.15, -0.1) is 0 Å². The van der Waals surface area contributed by atoms with Crippen LogP contribution in [0.2, 0.25) is 0 Å². The van der Waals surface area contributed by atoms with Crippen LogP contribution in [-0.4, -0.2) is 17.1 Å². The van der Waals surface area contributed by atoms with E-state index in [1.807, 2.05) is 42.1 Å². The van der Waals surface area contributed by atoms with Gasteiger partial charge in [0.1, 0.15) is 11.4 Å². The van der Waals surface area contributed by atoms with Gasteiger partial charge in [0.2, 0.25) is 0 Å². The average Bonchev–Trinajstić information content (AvgIpc) is 2.04. The molecule has 0 aromatic heterocycles. The smallest absolute Gasteiger partial charge is 0.124 e. The summed E-state index contributed by atoms with van der Waals surface area (Å²) in [5.41, 5.74) is 0.0893. The molecular weight excluding hydrogens is 168 g/mol. The van der Waals surface area contributed by atoms with Crippen molar-refractivity contribution in [3.8, 4) is 5.75 Å². The fourth-order valence-corrected chi connectivity index (χ4v) is 2.12. The van der Waals surface area contributed by atoms with Gasteiger partial charge in [-0.3, -0.25) is 0 Å². The Labute approximate surface area is 77.1 Å². The number of benzene rings is 1. The number of ether oxygens (including phenoxy) is 1. The zero-order valence-corrected chi connectivity index (χ0v) is 7.93. The highest BCUT2D eigenvalue weighted by molar-refractivity contribution is 8.00. The number of hydrogen-bond donors (Lipinski definition) is 0. The van der Waals surface area contributed by atoms with E-state index in [4.69, 9.17) is 4.74 Å². The van der Waals surface area contributed by atoms with Crippen LogP contribution in [0.3, 0.4) is 0 Å². The number of para-hydroxylation sites is 1. The summed E-state index contributed by atoms with van der Waals surface area (Å²) in [6.45, 7) is 2.16. The molecule has 1 saturated heterocycles. The normalized spacial score (nSPS) is 19.8. The molecule has 2 heteroatoms. The van der Waals surface area contributed by atoms with Gasteiger partial charge in [0, 0.05) is 11.5 Å². The summed E-state index contributed by atoms with van der Waals surface area (Å²) in [5.74, 6) is 3.21. The van der Waals surface area contributed by atoms with E-state index in [1.165, 1.54) is 0 Å². The maximum atomic E-state index is 5.82. The van der Waals surface area contributed by atoms with E-state index in [9.17, 15) is 0 Å². The van der Waals surface area contributed by atoms with E-state index in [2.05, 4.69) is 6.92 Å². The lowest BCUT2D eigenvalue weighted by Crippen LogP contribution is -2.45. The maximum Gasteiger partial charge on any atom is 0.124 e. The highest BCUT2D eigenvalue weighted by Gasteiger charge is 2.34. The Kier molecular flexibility index (Phi) is 2.01. The fraction of sp³-hybridized carbons (Fsp3) is 0.400. The molecular formula is C10H12OS. The summed E-state index contributed by atoms with van der Waals surface area (Å²) in [5, 5.41) is 0. The topological polar surface area (TPSA) is 9.23 Å². The summed E-state index contributed by atoms with van der Waals surface area (Å²) in [6, 6.07) is 10.0. The van der Waals surface area contributed by atoms with Crippen LogP contribution in [0.1, 0.15) is 6.92 Å². The lowest BCUT2D eigenvalue weighted by atomic mass is 10.1. The molecule has 1 aromatic carbocycles. The SMILES string of the molecule is CC1(Oc2ccccc2)CSC1. The van der Waals surface area contributed by atoms with Gasteiger partial charge in [0.25, 0.3) is 0 Å². The molecule has 2 rings (SSSR count). The Morgan fingerprint density at radius 2 is 1.92 bits per heavy atom. The standard InChI is InChI=1S/C10H12OS/c1-10(7-12-8-10)11-9-5-3-2-4-6-9/h2-6H,7-8H2,1H3. The molecule has 0 spiro atoms. The van der Waals surface area contributed by atoms with E-state index in [1.54, 1.807) is 0 Å². The summed E-state index contributed by atoms with van der Waals surface area (Å²) in [6.07, 6.45) is 0. The lowest BCUT2D eigenvalue weighted by Gasteiger charge is -2.37. The molecule has 64 valence electrons. The van der Waals surface area contributed by atoms with Gasteiger partial charge in [0.15, 0.2) is 0 Å². The van der Waals surface area contributed by atoms with Crippen molar-refractivity contribution in [3.63, 3.8) is 0 Å². The number of thioether (sulfide) groups is 1. The molecule has 1 aromatic rings. The van der Waals surface area contributed by atoms with Crippen molar-refractivity contribution in [1.82, 2.24) is 0 Å². The quantitative estimate of drug-likeness (QED) is 0.691. The molecule has 1 aliphatic heterocycles. The van der Waals surface area contributed by atoms with Crippen LogP contribution in [0.5, 0.6) is 5.75 Å². The van der Waals surface area contributed by atoms with Gasteiger partial charge in [-0.25, -0.2) is 0 Å². The van der Waals surface area contributed by atoms with Crippen molar-refractivity contribution in [1.29, 1.82) is 0 Å². The fourth-order valence-electron chi connectivity index (χ4n) is 1.22. The number of hydrogen-bond acceptors (Lipinski definition) is 2.